The fraction of sp³-hybridized carbons (Fsp3) is 0.480. The Morgan fingerprint density at radius 3 is 2.63 bits per heavy atom. The van der Waals surface area contributed by atoms with Crippen LogP contribution in [-0.4, -0.2) is 18.2 Å². The van der Waals surface area contributed by atoms with Crippen LogP contribution in [0, 0.1) is 5.92 Å². The van der Waals surface area contributed by atoms with Gasteiger partial charge < -0.3 is 20.2 Å². The number of hydrogen-bond acceptors (Lipinski definition) is 4. The molecule has 164 valence electrons. The molecule has 3 N–H and O–H groups in total. The first-order valence-corrected chi connectivity index (χ1v) is 10.8. The summed E-state index contributed by atoms with van der Waals surface area (Å²) in [4.78, 5) is 15.6. The van der Waals surface area contributed by atoms with Gasteiger partial charge in [-0.25, -0.2) is 0 Å². The van der Waals surface area contributed by atoms with E-state index in [1.165, 1.54) is 11.1 Å². The van der Waals surface area contributed by atoms with Gasteiger partial charge in [-0.2, -0.15) is 0 Å². The molecule has 0 aliphatic carbocycles. The van der Waals surface area contributed by atoms with Crippen molar-refractivity contribution in [3.63, 3.8) is 0 Å². The first kappa shape index (κ1) is 23.6. The van der Waals surface area contributed by atoms with Gasteiger partial charge in [0.1, 0.15) is 6.61 Å². The highest BCUT2D eigenvalue weighted by Crippen LogP contribution is 2.33. The molecule has 0 saturated carbocycles. The maximum absolute atomic E-state index is 12.7. The molecule has 0 radical (unpaired) electrons. The molecule has 0 spiro atoms. The van der Waals surface area contributed by atoms with Crippen molar-refractivity contribution in [1.29, 1.82) is 0 Å². The fourth-order valence-corrected chi connectivity index (χ4v) is 3.30. The molecule has 1 unspecified atom stereocenters. The quantitative estimate of drug-likeness (QED) is 0.351. The number of anilines is 1. The van der Waals surface area contributed by atoms with Crippen LogP contribution in [0.1, 0.15) is 60.3 Å². The Balaban J connectivity index is 2.26. The van der Waals surface area contributed by atoms with Crippen molar-refractivity contribution >= 4 is 16.6 Å². The van der Waals surface area contributed by atoms with Crippen molar-refractivity contribution in [3.05, 3.63) is 51.9 Å². The highest BCUT2D eigenvalue weighted by molar-refractivity contribution is 5.89. The van der Waals surface area contributed by atoms with E-state index in [1.807, 2.05) is 6.07 Å². The second kappa shape index (κ2) is 11.5. The number of nitrogens with one attached hydrogen (secondary N) is 1. The lowest BCUT2D eigenvalue weighted by molar-refractivity contribution is 0.234. The lowest BCUT2D eigenvalue weighted by Crippen LogP contribution is -2.17. The standard InChI is InChI=1S/C25H36N2O3/c1-6-8-19(5)16-30-24-23(29-14-13-18(4)10-7-9-17(2)3)21-12-11-20(26)15-22(21)27-25(24)28/h9,11-13,15,19H,6-8,10,14,16,26H2,1-5H3,(H,27,28)/b18-13+. The van der Waals surface area contributed by atoms with Gasteiger partial charge in [0.15, 0.2) is 5.75 Å². The van der Waals surface area contributed by atoms with Crippen LogP contribution in [0.4, 0.5) is 5.69 Å². The third-order valence-electron chi connectivity index (χ3n) is 4.99. The second-order valence-corrected chi connectivity index (χ2v) is 8.30. The number of nitrogen functional groups attached to an aromatic ring is 1. The van der Waals surface area contributed by atoms with Gasteiger partial charge in [-0.15, -0.1) is 0 Å². The lowest BCUT2D eigenvalue weighted by Gasteiger charge is -2.16. The van der Waals surface area contributed by atoms with Crippen molar-refractivity contribution in [2.75, 3.05) is 18.9 Å². The van der Waals surface area contributed by atoms with Gasteiger partial charge in [-0.05, 0) is 70.2 Å². The molecule has 1 atom stereocenters. The summed E-state index contributed by atoms with van der Waals surface area (Å²) in [5, 5.41) is 0.789. The smallest absolute Gasteiger partial charge is 0.294 e. The molecular weight excluding hydrogens is 376 g/mol. The van der Waals surface area contributed by atoms with Crippen LogP contribution in [0.25, 0.3) is 10.9 Å². The first-order valence-electron chi connectivity index (χ1n) is 10.8. The maximum Gasteiger partial charge on any atom is 0.294 e. The number of aromatic amines is 1. The van der Waals surface area contributed by atoms with Crippen molar-refractivity contribution < 1.29 is 9.47 Å². The van der Waals surface area contributed by atoms with Crippen LogP contribution in [0.15, 0.2) is 46.3 Å². The summed E-state index contributed by atoms with van der Waals surface area (Å²) in [6.07, 6.45) is 8.42. The Morgan fingerprint density at radius 1 is 1.17 bits per heavy atom. The molecule has 1 aromatic heterocycles. The van der Waals surface area contributed by atoms with E-state index in [0.29, 0.717) is 36.1 Å². The number of hydrogen-bond donors (Lipinski definition) is 2. The maximum atomic E-state index is 12.7. The van der Waals surface area contributed by atoms with E-state index in [2.05, 4.69) is 51.8 Å². The normalized spacial score (nSPS) is 12.6. The number of allylic oxidation sites excluding steroid dienone is 3. The monoisotopic (exact) mass is 412 g/mol. The minimum Gasteiger partial charge on any atom is -0.485 e. The number of pyridine rings is 1. The molecule has 2 rings (SSSR count). The van der Waals surface area contributed by atoms with Crippen molar-refractivity contribution in [2.24, 2.45) is 5.92 Å². The molecule has 2 aromatic rings. The molecule has 0 saturated heterocycles. The number of nitrogens with two attached hydrogens (primary N) is 1. The van der Waals surface area contributed by atoms with Crippen LogP contribution in [-0.2, 0) is 0 Å². The SMILES string of the molecule is CCCC(C)COc1c(OC/C=C(\C)CCC=C(C)C)c2ccc(N)cc2[nH]c1=O. The first-order chi connectivity index (χ1) is 14.3. The molecule has 1 heterocycles. The van der Waals surface area contributed by atoms with E-state index >= 15 is 0 Å². The minimum atomic E-state index is -0.295. The zero-order chi connectivity index (χ0) is 22.1. The third kappa shape index (κ3) is 6.97. The van der Waals surface area contributed by atoms with Gasteiger partial charge in [-0.1, -0.05) is 37.5 Å². The van der Waals surface area contributed by atoms with Crippen LogP contribution in [0.5, 0.6) is 11.5 Å². The topological polar surface area (TPSA) is 77.3 Å². The Kier molecular flexibility index (Phi) is 9.03. The van der Waals surface area contributed by atoms with E-state index in [0.717, 1.165) is 31.1 Å². The molecule has 5 nitrogen and oxygen atoms in total. The molecule has 30 heavy (non-hydrogen) atoms. The highest BCUT2D eigenvalue weighted by atomic mass is 16.5. The van der Waals surface area contributed by atoms with Crippen molar-refractivity contribution in [1.82, 2.24) is 4.98 Å². The van der Waals surface area contributed by atoms with Crippen molar-refractivity contribution in [3.8, 4) is 11.5 Å². The lowest BCUT2D eigenvalue weighted by atomic mass is 10.1. The molecular formula is C25H36N2O3. The average molecular weight is 413 g/mol. The molecule has 0 aliphatic rings. The summed E-state index contributed by atoms with van der Waals surface area (Å²) in [5.41, 5.74) is 9.41. The van der Waals surface area contributed by atoms with Crippen LogP contribution < -0.4 is 20.8 Å². The number of benzene rings is 1. The number of H-pyrrole nitrogens is 1. The molecule has 0 aliphatic heterocycles. The number of aromatic nitrogens is 1. The summed E-state index contributed by atoms with van der Waals surface area (Å²) in [6, 6.07) is 5.41. The average Bonchev–Trinajstić information content (AvgIpc) is 2.66. The number of fused-ring (bicyclic) bond motifs is 1. The predicted molar refractivity (Wildman–Crippen MR) is 126 cm³/mol. The molecule has 0 amide bonds. The zero-order valence-electron chi connectivity index (χ0n) is 19.0. The minimum absolute atomic E-state index is 0.241. The van der Waals surface area contributed by atoms with Crippen LogP contribution in [0.3, 0.4) is 0 Å². The van der Waals surface area contributed by atoms with Gasteiger partial charge in [-0.3, -0.25) is 4.79 Å². The van der Waals surface area contributed by atoms with E-state index < -0.39 is 0 Å². The summed E-state index contributed by atoms with van der Waals surface area (Å²) in [5.74, 6) is 1.08. The molecule has 1 aromatic carbocycles. The van der Waals surface area contributed by atoms with Crippen LogP contribution >= 0.6 is 0 Å². The Labute approximate surface area is 180 Å². The van der Waals surface area contributed by atoms with Crippen LogP contribution in [0.2, 0.25) is 0 Å². The summed E-state index contributed by atoms with van der Waals surface area (Å²) < 4.78 is 12.0. The fourth-order valence-electron chi connectivity index (χ4n) is 3.30. The predicted octanol–water partition coefficient (Wildman–Crippen LogP) is 6.00. The van der Waals surface area contributed by atoms with E-state index in [1.54, 1.807) is 12.1 Å². The van der Waals surface area contributed by atoms with Gasteiger partial charge in [0.05, 0.1) is 12.1 Å². The zero-order valence-corrected chi connectivity index (χ0v) is 19.0. The Hall–Kier alpha value is -2.69. The highest BCUT2D eigenvalue weighted by Gasteiger charge is 2.17. The van der Waals surface area contributed by atoms with E-state index in [-0.39, 0.29) is 11.3 Å². The molecule has 0 bridgehead atoms. The Morgan fingerprint density at radius 2 is 1.93 bits per heavy atom. The second-order valence-electron chi connectivity index (χ2n) is 8.30. The summed E-state index contributed by atoms with van der Waals surface area (Å²) in [7, 11) is 0. The van der Waals surface area contributed by atoms with Crippen molar-refractivity contribution in [2.45, 2.75) is 60.3 Å². The van der Waals surface area contributed by atoms with Gasteiger partial charge >= 0.3 is 0 Å². The number of rotatable bonds is 11. The van der Waals surface area contributed by atoms with E-state index in [9.17, 15) is 4.79 Å². The Bertz CT molecular complexity index is 953. The third-order valence-corrected chi connectivity index (χ3v) is 4.99. The number of ether oxygens (including phenoxy) is 2. The van der Waals surface area contributed by atoms with Gasteiger partial charge in [0, 0.05) is 11.1 Å². The summed E-state index contributed by atoms with van der Waals surface area (Å²) in [6.45, 7) is 11.4. The van der Waals surface area contributed by atoms with Gasteiger partial charge in [0.25, 0.3) is 5.56 Å². The van der Waals surface area contributed by atoms with Gasteiger partial charge in [0.2, 0.25) is 5.75 Å². The molecule has 5 heteroatoms. The molecule has 0 fully saturated rings. The van der Waals surface area contributed by atoms with E-state index in [4.69, 9.17) is 15.2 Å². The summed E-state index contributed by atoms with van der Waals surface area (Å²) >= 11 is 0. The largest absolute Gasteiger partial charge is 0.485 e.